The van der Waals surface area contributed by atoms with Crippen LogP contribution in [0.1, 0.15) is 17.9 Å². The number of amides is 1. The van der Waals surface area contributed by atoms with Gasteiger partial charge in [0.1, 0.15) is 5.75 Å². The lowest BCUT2D eigenvalue weighted by molar-refractivity contribution is -0.130. The maximum absolute atomic E-state index is 12.8. The molecule has 2 aliphatic heterocycles. The Kier molecular flexibility index (Phi) is 7.14. The molecule has 0 aromatic heterocycles. The van der Waals surface area contributed by atoms with Gasteiger partial charge in [0, 0.05) is 57.9 Å². The second-order valence-corrected chi connectivity index (χ2v) is 8.31. The molecule has 2 heterocycles. The minimum atomic E-state index is 0.129. The van der Waals surface area contributed by atoms with Crippen LogP contribution < -0.4 is 15.0 Å². The van der Waals surface area contributed by atoms with Crippen molar-refractivity contribution in [1.82, 2.24) is 15.1 Å². The minimum Gasteiger partial charge on any atom is -0.497 e. The monoisotopic (exact) mass is 435 g/mol. The lowest BCUT2D eigenvalue weighted by atomic mass is 9.98. The Bertz CT molecular complexity index is 908. The lowest BCUT2D eigenvalue weighted by Crippen LogP contribution is -2.52. The van der Waals surface area contributed by atoms with E-state index < -0.39 is 0 Å². The van der Waals surface area contributed by atoms with Crippen molar-refractivity contribution in [2.45, 2.75) is 12.3 Å². The molecule has 4 rings (SSSR count). The van der Waals surface area contributed by atoms with Crippen LogP contribution in [0, 0.1) is 0 Å². The van der Waals surface area contributed by atoms with Crippen molar-refractivity contribution in [3.05, 3.63) is 60.2 Å². The maximum atomic E-state index is 12.8. The molecular formula is C25H33N5O2. The zero-order valence-corrected chi connectivity index (χ0v) is 19.0. The standard InChI is InChI=1S/C25H33N5O2/c1-26-25(30-13-12-21(19-30)20-8-10-23(32-2)11-9-20)27-18-24(31)29-16-14-28(15-17-29)22-6-4-3-5-7-22/h3-11,21H,12-19H2,1-2H3,(H,26,27). The molecule has 2 aliphatic rings. The van der Waals surface area contributed by atoms with E-state index in [1.54, 1.807) is 14.2 Å². The molecule has 2 fully saturated rings. The van der Waals surface area contributed by atoms with Crippen LogP contribution in [0.5, 0.6) is 5.75 Å². The van der Waals surface area contributed by atoms with E-state index in [4.69, 9.17) is 4.74 Å². The molecule has 2 aromatic rings. The Morgan fingerprint density at radius 2 is 1.72 bits per heavy atom. The van der Waals surface area contributed by atoms with Gasteiger partial charge in [-0.3, -0.25) is 9.79 Å². The number of guanidine groups is 1. The molecule has 2 aromatic carbocycles. The molecule has 2 saturated heterocycles. The fourth-order valence-corrected chi connectivity index (χ4v) is 4.55. The summed E-state index contributed by atoms with van der Waals surface area (Å²) >= 11 is 0. The highest BCUT2D eigenvalue weighted by Crippen LogP contribution is 2.28. The molecule has 0 aliphatic carbocycles. The SMILES string of the molecule is CN=C(NCC(=O)N1CCN(c2ccccc2)CC1)N1CCC(c2ccc(OC)cc2)C1. The Morgan fingerprint density at radius 1 is 1.00 bits per heavy atom. The van der Waals surface area contributed by atoms with E-state index in [1.807, 2.05) is 23.1 Å². The number of rotatable bonds is 5. The molecule has 0 spiro atoms. The van der Waals surface area contributed by atoms with Crippen molar-refractivity contribution < 1.29 is 9.53 Å². The van der Waals surface area contributed by atoms with Gasteiger partial charge in [0.2, 0.25) is 5.91 Å². The van der Waals surface area contributed by atoms with Gasteiger partial charge >= 0.3 is 0 Å². The van der Waals surface area contributed by atoms with E-state index in [9.17, 15) is 4.79 Å². The van der Waals surface area contributed by atoms with Crippen LogP contribution in [0.2, 0.25) is 0 Å². The van der Waals surface area contributed by atoms with E-state index in [2.05, 4.69) is 56.5 Å². The second-order valence-electron chi connectivity index (χ2n) is 8.31. The molecular weight excluding hydrogens is 402 g/mol. The van der Waals surface area contributed by atoms with Crippen molar-refractivity contribution >= 4 is 17.6 Å². The molecule has 7 nitrogen and oxygen atoms in total. The molecule has 0 bridgehead atoms. The van der Waals surface area contributed by atoms with Crippen LogP contribution in [0.25, 0.3) is 0 Å². The number of carbonyl (C=O) groups excluding carboxylic acids is 1. The molecule has 1 amide bonds. The average molecular weight is 436 g/mol. The Balaban J connectivity index is 1.24. The number of methoxy groups -OCH3 is 1. The summed E-state index contributed by atoms with van der Waals surface area (Å²) in [6.45, 7) is 5.33. The smallest absolute Gasteiger partial charge is 0.242 e. The number of aliphatic imine (C=N–C) groups is 1. The maximum Gasteiger partial charge on any atom is 0.242 e. The summed E-state index contributed by atoms with van der Waals surface area (Å²) < 4.78 is 5.26. The topological polar surface area (TPSA) is 60.4 Å². The first-order valence-corrected chi connectivity index (χ1v) is 11.3. The lowest BCUT2D eigenvalue weighted by Gasteiger charge is -2.36. The van der Waals surface area contributed by atoms with Crippen molar-refractivity contribution in [3.8, 4) is 5.75 Å². The molecule has 1 atom stereocenters. The molecule has 0 saturated carbocycles. The average Bonchev–Trinajstić information content (AvgIpc) is 3.35. The largest absolute Gasteiger partial charge is 0.497 e. The van der Waals surface area contributed by atoms with E-state index >= 15 is 0 Å². The van der Waals surface area contributed by atoms with Gasteiger partial charge in [0.25, 0.3) is 0 Å². The zero-order chi connectivity index (χ0) is 22.3. The molecule has 7 heteroatoms. The molecule has 1 unspecified atom stereocenters. The molecule has 0 radical (unpaired) electrons. The Labute approximate surface area is 190 Å². The highest BCUT2D eigenvalue weighted by Gasteiger charge is 2.27. The molecule has 32 heavy (non-hydrogen) atoms. The number of likely N-dealkylation sites (tertiary alicyclic amines) is 1. The van der Waals surface area contributed by atoms with Crippen LogP contribution in [-0.2, 0) is 4.79 Å². The summed E-state index contributed by atoms with van der Waals surface area (Å²) in [5.74, 6) is 2.27. The highest BCUT2D eigenvalue weighted by atomic mass is 16.5. The van der Waals surface area contributed by atoms with Gasteiger partial charge in [-0.25, -0.2) is 0 Å². The summed E-state index contributed by atoms with van der Waals surface area (Å²) in [4.78, 5) is 23.7. The van der Waals surface area contributed by atoms with Gasteiger partial charge in [-0.05, 0) is 36.2 Å². The Hall–Kier alpha value is -3.22. The highest BCUT2D eigenvalue weighted by molar-refractivity contribution is 5.86. The van der Waals surface area contributed by atoms with Crippen LogP contribution in [-0.4, -0.2) is 81.6 Å². The third kappa shape index (κ3) is 5.15. The van der Waals surface area contributed by atoms with Crippen LogP contribution in [0.3, 0.4) is 0 Å². The Morgan fingerprint density at radius 3 is 2.38 bits per heavy atom. The zero-order valence-electron chi connectivity index (χ0n) is 19.0. The van der Waals surface area contributed by atoms with E-state index in [0.717, 1.165) is 57.4 Å². The van der Waals surface area contributed by atoms with Crippen molar-refractivity contribution in [2.75, 3.05) is 64.9 Å². The van der Waals surface area contributed by atoms with Crippen molar-refractivity contribution in [3.63, 3.8) is 0 Å². The summed E-state index contributed by atoms with van der Waals surface area (Å²) in [6, 6.07) is 18.7. The first-order chi connectivity index (χ1) is 15.7. The number of hydrogen-bond donors (Lipinski definition) is 1. The van der Waals surface area contributed by atoms with E-state index in [1.165, 1.54) is 11.3 Å². The fraction of sp³-hybridized carbons (Fsp3) is 0.440. The summed E-state index contributed by atoms with van der Waals surface area (Å²) in [5, 5.41) is 3.29. The first-order valence-electron chi connectivity index (χ1n) is 11.3. The second kappa shape index (κ2) is 10.4. The fourth-order valence-electron chi connectivity index (χ4n) is 4.55. The number of nitrogens with one attached hydrogen (secondary N) is 1. The predicted molar refractivity (Wildman–Crippen MR) is 129 cm³/mol. The predicted octanol–water partition coefficient (Wildman–Crippen LogP) is 2.41. The number of anilines is 1. The summed E-state index contributed by atoms with van der Waals surface area (Å²) in [6.07, 6.45) is 1.07. The van der Waals surface area contributed by atoms with Gasteiger partial charge in [0.05, 0.1) is 13.7 Å². The number of piperazine rings is 1. The normalized spacial score (nSPS) is 19.2. The number of hydrogen-bond acceptors (Lipinski definition) is 4. The molecule has 1 N–H and O–H groups in total. The van der Waals surface area contributed by atoms with Gasteiger partial charge in [-0.1, -0.05) is 30.3 Å². The summed E-state index contributed by atoms with van der Waals surface area (Å²) in [5.41, 5.74) is 2.54. The van der Waals surface area contributed by atoms with Crippen LogP contribution in [0.4, 0.5) is 5.69 Å². The number of nitrogens with zero attached hydrogens (tertiary/aromatic N) is 4. The van der Waals surface area contributed by atoms with Gasteiger partial charge in [-0.15, -0.1) is 0 Å². The number of carbonyl (C=O) groups is 1. The van der Waals surface area contributed by atoms with Gasteiger partial charge in [0.15, 0.2) is 5.96 Å². The summed E-state index contributed by atoms with van der Waals surface area (Å²) in [7, 11) is 3.47. The van der Waals surface area contributed by atoms with Crippen molar-refractivity contribution in [1.29, 1.82) is 0 Å². The van der Waals surface area contributed by atoms with Crippen molar-refractivity contribution in [2.24, 2.45) is 4.99 Å². The van der Waals surface area contributed by atoms with Crippen LogP contribution >= 0.6 is 0 Å². The third-order valence-corrected chi connectivity index (χ3v) is 6.44. The number of benzene rings is 2. The quantitative estimate of drug-likeness (QED) is 0.577. The number of para-hydroxylation sites is 1. The van der Waals surface area contributed by atoms with Gasteiger partial charge in [-0.2, -0.15) is 0 Å². The van der Waals surface area contributed by atoms with E-state index in [0.29, 0.717) is 5.92 Å². The minimum absolute atomic E-state index is 0.129. The van der Waals surface area contributed by atoms with E-state index in [-0.39, 0.29) is 12.5 Å². The third-order valence-electron chi connectivity index (χ3n) is 6.44. The molecule has 170 valence electrons. The number of ether oxygens (including phenoxy) is 1. The first kappa shape index (κ1) is 22.0. The van der Waals surface area contributed by atoms with Gasteiger partial charge < -0.3 is 24.8 Å². The van der Waals surface area contributed by atoms with Crippen LogP contribution in [0.15, 0.2) is 59.6 Å².